The zero-order chi connectivity index (χ0) is 26.4. The van der Waals surface area contributed by atoms with Gasteiger partial charge in [0, 0.05) is 29.1 Å². The summed E-state index contributed by atoms with van der Waals surface area (Å²) < 4.78 is 51.8. The number of benzene rings is 2. The molecule has 0 unspecified atom stereocenters. The molecule has 0 aliphatic carbocycles. The molecular weight excluding hydrogens is 502 g/mol. The molecule has 0 atom stereocenters. The Morgan fingerprint density at radius 2 is 1.74 bits per heavy atom. The number of nitrogens with zero attached hydrogens (tertiary/aromatic N) is 4. The van der Waals surface area contributed by atoms with Crippen LogP contribution in [-0.4, -0.2) is 42.2 Å². The molecule has 2 aromatic carbocycles. The van der Waals surface area contributed by atoms with Crippen LogP contribution in [-0.2, 0) is 4.79 Å². The molecule has 4 heterocycles. The van der Waals surface area contributed by atoms with E-state index in [4.69, 9.17) is 4.98 Å². The lowest BCUT2D eigenvalue weighted by molar-refractivity contribution is -0.167. The van der Waals surface area contributed by atoms with Crippen LogP contribution in [0.5, 0.6) is 0 Å². The van der Waals surface area contributed by atoms with Crippen LogP contribution >= 0.6 is 0 Å². The number of nitrogens with one attached hydrogen (secondary N) is 3. The highest BCUT2D eigenvalue weighted by Crippen LogP contribution is 2.33. The summed E-state index contributed by atoms with van der Waals surface area (Å²) in [5.74, 6) is -1.98. The molecule has 0 saturated heterocycles. The number of carbonyl (C=O) groups excluding carboxylic acids is 1. The lowest BCUT2D eigenvalue weighted by Crippen LogP contribution is -2.29. The Bertz CT molecular complexity index is 1840. The molecule has 6 aromatic rings. The molecule has 4 aromatic heterocycles. The van der Waals surface area contributed by atoms with Crippen LogP contribution in [0.15, 0.2) is 73.2 Å². The normalized spacial score (nSPS) is 11.8. The third-order valence-corrected chi connectivity index (χ3v) is 5.88. The largest absolute Gasteiger partial charge is 0.471 e. The van der Waals surface area contributed by atoms with Crippen LogP contribution in [0.2, 0.25) is 0 Å². The molecule has 0 aliphatic heterocycles. The summed E-state index contributed by atoms with van der Waals surface area (Å²) in [4.78, 5) is 27.6. The third kappa shape index (κ3) is 4.21. The van der Waals surface area contributed by atoms with E-state index < -0.39 is 12.1 Å². The first-order valence-corrected chi connectivity index (χ1v) is 11.2. The Hall–Kier alpha value is -5.13. The van der Waals surface area contributed by atoms with Crippen molar-refractivity contribution in [2.45, 2.75) is 6.18 Å². The van der Waals surface area contributed by atoms with E-state index in [1.165, 1.54) is 30.6 Å². The molecule has 0 spiro atoms. The Morgan fingerprint density at radius 1 is 0.921 bits per heavy atom. The van der Waals surface area contributed by atoms with Gasteiger partial charge in [0.1, 0.15) is 11.5 Å². The average Bonchev–Trinajstić information content (AvgIpc) is 3.52. The molecule has 0 bridgehead atoms. The van der Waals surface area contributed by atoms with Crippen LogP contribution in [0.4, 0.5) is 23.2 Å². The molecule has 12 heteroatoms. The van der Waals surface area contributed by atoms with Crippen LogP contribution < -0.4 is 5.32 Å². The molecule has 1 amide bonds. The number of aromatic amines is 2. The number of pyridine rings is 2. The topological polar surface area (TPSA) is 112 Å². The monoisotopic (exact) mass is 517 g/mol. The molecule has 8 nitrogen and oxygen atoms in total. The lowest BCUT2D eigenvalue weighted by atomic mass is 10.0. The number of hydrogen-bond acceptors (Lipinski definition) is 5. The Labute approximate surface area is 210 Å². The van der Waals surface area contributed by atoms with Gasteiger partial charge < -0.3 is 10.3 Å². The van der Waals surface area contributed by atoms with E-state index in [-0.39, 0.29) is 11.5 Å². The number of fused-ring (bicyclic) bond motifs is 2. The Balaban J connectivity index is 1.40. The van der Waals surface area contributed by atoms with Crippen molar-refractivity contribution in [2.75, 3.05) is 5.32 Å². The molecule has 38 heavy (non-hydrogen) atoms. The molecule has 0 fully saturated rings. The number of anilines is 1. The van der Waals surface area contributed by atoms with Crippen molar-refractivity contribution in [3.63, 3.8) is 0 Å². The summed E-state index contributed by atoms with van der Waals surface area (Å²) in [6.45, 7) is 0. The number of halogens is 4. The molecule has 3 N–H and O–H groups in total. The van der Waals surface area contributed by atoms with Crippen molar-refractivity contribution >= 4 is 33.7 Å². The van der Waals surface area contributed by atoms with Crippen molar-refractivity contribution in [3.05, 3.63) is 79.0 Å². The number of aromatic nitrogens is 6. The van der Waals surface area contributed by atoms with Crippen LogP contribution in [0.1, 0.15) is 0 Å². The van der Waals surface area contributed by atoms with Gasteiger partial charge in [0.05, 0.1) is 28.3 Å². The molecular formula is C26H15F4N7O. The number of hydrogen-bond donors (Lipinski definition) is 3. The van der Waals surface area contributed by atoms with Gasteiger partial charge in [-0.05, 0) is 35.9 Å². The number of rotatable bonds is 4. The van der Waals surface area contributed by atoms with E-state index in [2.05, 4.69) is 25.1 Å². The Morgan fingerprint density at radius 3 is 2.55 bits per heavy atom. The summed E-state index contributed by atoms with van der Waals surface area (Å²) in [5.41, 5.74) is 4.57. The predicted molar refractivity (Wildman–Crippen MR) is 132 cm³/mol. The fourth-order valence-electron chi connectivity index (χ4n) is 4.15. The van der Waals surface area contributed by atoms with Crippen molar-refractivity contribution in [3.8, 4) is 33.8 Å². The van der Waals surface area contributed by atoms with Gasteiger partial charge in [-0.2, -0.15) is 18.3 Å². The van der Waals surface area contributed by atoms with Gasteiger partial charge in [-0.3, -0.25) is 14.9 Å². The second-order valence-corrected chi connectivity index (χ2v) is 8.41. The zero-order valence-corrected chi connectivity index (χ0v) is 19.1. The molecule has 6 rings (SSSR count). The van der Waals surface area contributed by atoms with Crippen LogP contribution in [0, 0.1) is 5.82 Å². The fourth-order valence-corrected chi connectivity index (χ4v) is 4.15. The number of alkyl halides is 3. The maximum Gasteiger partial charge on any atom is 0.471 e. The minimum atomic E-state index is -5.02. The van der Waals surface area contributed by atoms with E-state index in [0.29, 0.717) is 44.8 Å². The highest BCUT2D eigenvalue weighted by molar-refractivity contribution is 5.98. The molecule has 0 aliphatic rings. The van der Waals surface area contributed by atoms with Crippen LogP contribution in [0.25, 0.3) is 55.8 Å². The summed E-state index contributed by atoms with van der Waals surface area (Å²) in [7, 11) is 0. The minimum absolute atomic E-state index is 0.112. The quantitative estimate of drug-likeness (QED) is 0.253. The third-order valence-electron chi connectivity index (χ3n) is 5.88. The van der Waals surface area contributed by atoms with Gasteiger partial charge in [-0.15, -0.1) is 0 Å². The lowest BCUT2D eigenvalue weighted by Gasteiger charge is -2.09. The van der Waals surface area contributed by atoms with Gasteiger partial charge in [-0.1, -0.05) is 24.3 Å². The highest BCUT2D eigenvalue weighted by atomic mass is 19.4. The van der Waals surface area contributed by atoms with Gasteiger partial charge in [0.15, 0.2) is 11.5 Å². The standard InChI is InChI=1S/C26H15F4N7O/c27-16-4-1-3-13(7-16)18-5-2-6-20-21(18)35-24(34-20)22-19-9-15(11-32-23(19)37-36-22)14-8-17(12-31-10-14)33-25(38)26(28,29)30/h1-12H,(H,33,38)(H,34,35)(H,32,36,37). The van der Waals surface area contributed by atoms with E-state index in [1.807, 2.05) is 18.2 Å². The second kappa shape index (κ2) is 8.76. The summed E-state index contributed by atoms with van der Waals surface area (Å²) in [5, 5.41) is 9.55. The molecule has 188 valence electrons. The summed E-state index contributed by atoms with van der Waals surface area (Å²) in [6.07, 6.45) is -0.964. The summed E-state index contributed by atoms with van der Waals surface area (Å²) >= 11 is 0. The SMILES string of the molecule is O=C(Nc1cncc(-c2cnc3n[nH]c(-c4nc5c(-c6cccc(F)c6)cccc5[nH]4)c3c2)c1)C(F)(F)F. The van der Waals surface area contributed by atoms with E-state index in [0.717, 1.165) is 17.3 Å². The maximum atomic E-state index is 13.8. The van der Waals surface area contributed by atoms with Crippen molar-refractivity contribution in [1.82, 2.24) is 30.1 Å². The van der Waals surface area contributed by atoms with Gasteiger partial charge in [0.25, 0.3) is 0 Å². The number of carbonyl (C=O) groups is 1. The first kappa shape index (κ1) is 23.3. The summed E-state index contributed by atoms with van der Waals surface area (Å²) in [6, 6.07) is 14.9. The number of H-pyrrole nitrogens is 2. The second-order valence-electron chi connectivity index (χ2n) is 8.41. The number of amides is 1. The maximum absolute atomic E-state index is 13.8. The van der Waals surface area contributed by atoms with Gasteiger partial charge >= 0.3 is 12.1 Å². The number of para-hydroxylation sites is 1. The zero-order valence-electron chi connectivity index (χ0n) is 19.1. The average molecular weight is 517 g/mol. The van der Waals surface area contributed by atoms with Crippen molar-refractivity contribution in [2.24, 2.45) is 0 Å². The minimum Gasteiger partial charge on any atom is -0.337 e. The fraction of sp³-hybridized carbons (Fsp3) is 0.0385. The van der Waals surface area contributed by atoms with E-state index in [9.17, 15) is 22.4 Å². The smallest absolute Gasteiger partial charge is 0.337 e. The highest BCUT2D eigenvalue weighted by Gasteiger charge is 2.38. The first-order valence-electron chi connectivity index (χ1n) is 11.2. The molecule has 0 radical (unpaired) electrons. The first-order chi connectivity index (χ1) is 18.3. The van der Waals surface area contributed by atoms with E-state index in [1.54, 1.807) is 23.5 Å². The van der Waals surface area contributed by atoms with Gasteiger partial charge in [0.2, 0.25) is 0 Å². The van der Waals surface area contributed by atoms with Crippen molar-refractivity contribution in [1.29, 1.82) is 0 Å². The van der Waals surface area contributed by atoms with Gasteiger partial charge in [-0.25, -0.2) is 14.4 Å². The Kier molecular flexibility index (Phi) is 5.37. The number of imidazole rings is 1. The molecule has 0 saturated carbocycles. The van der Waals surface area contributed by atoms with E-state index >= 15 is 0 Å². The predicted octanol–water partition coefficient (Wildman–Crippen LogP) is 5.87. The van der Waals surface area contributed by atoms with Crippen molar-refractivity contribution < 1.29 is 22.4 Å². The van der Waals surface area contributed by atoms with Crippen LogP contribution in [0.3, 0.4) is 0 Å².